The number of hydrogen-bond acceptors (Lipinski definition) is 5. The second-order valence-corrected chi connectivity index (χ2v) is 7.48. The lowest BCUT2D eigenvalue weighted by atomic mass is 10.0. The van der Waals surface area contributed by atoms with Gasteiger partial charge in [-0.15, -0.1) is 0 Å². The number of primary amides is 1. The quantitative estimate of drug-likeness (QED) is 0.395. The van der Waals surface area contributed by atoms with Crippen LogP contribution in [0.25, 0.3) is 33.1 Å². The van der Waals surface area contributed by atoms with Crippen LogP contribution < -0.4 is 11.5 Å². The molecule has 0 saturated carbocycles. The molecule has 154 valence electrons. The number of pyridine rings is 1. The van der Waals surface area contributed by atoms with E-state index in [1.807, 2.05) is 53.3 Å². The van der Waals surface area contributed by atoms with Gasteiger partial charge in [0.25, 0.3) is 0 Å². The molecule has 0 spiro atoms. The molecule has 3 aromatic heterocycles. The first-order valence-corrected chi connectivity index (χ1v) is 10.0. The zero-order valence-corrected chi connectivity index (χ0v) is 16.7. The highest BCUT2D eigenvalue weighted by atomic mass is 16.1. The van der Waals surface area contributed by atoms with Crippen LogP contribution >= 0.6 is 0 Å². The molecule has 0 unspecified atom stereocenters. The third-order valence-electron chi connectivity index (χ3n) is 5.46. The SMILES string of the molecule is NC(=O)c1ccccc1CCCn1cc2c(n1)c(N)nc1cc(-c3ccn[nH]3)ccc12. The number of nitrogens with one attached hydrogen (secondary N) is 1. The molecule has 0 aliphatic heterocycles. The molecule has 0 fully saturated rings. The summed E-state index contributed by atoms with van der Waals surface area (Å²) in [7, 11) is 0. The largest absolute Gasteiger partial charge is 0.382 e. The van der Waals surface area contributed by atoms with E-state index in [0.29, 0.717) is 23.4 Å². The molecule has 0 bridgehead atoms. The molecule has 0 aliphatic rings. The summed E-state index contributed by atoms with van der Waals surface area (Å²) in [6.45, 7) is 0.689. The van der Waals surface area contributed by atoms with E-state index in [9.17, 15) is 4.79 Å². The fourth-order valence-corrected chi connectivity index (χ4v) is 3.95. The fourth-order valence-electron chi connectivity index (χ4n) is 3.95. The first kappa shape index (κ1) is 18.8. The number of anilines is 1. The number of aromatic nitrogens is 5. The average molecular weight is 411 g/mol. The van der Waals surface area contributed by atoms with Crippen LogP contribution in [0.15, 0.2) is 60.9 Å². The van der Waals surface area contributed by atoms with Crippen LogP contribution in [-0.4, -0.2) is 30.9 Å². The van der Waals surface area contributed by atoms with Gasteiger partial charge in [-0.05, 0) is 36.6 Å². The van der Waals surface area contributed by atoms with Crippen molar-refractivity contribution in [2.24, 2.45) is 5.73 Å². The van der Waals surface area contributed by atoms with Crippen LogP contribution in [0.2, 0.25) is 0 Å². The lowest BCUT2D eigenvalue weighted by Crippen LogP contribution is -2.14. The fraction of sp³-hybridized carbons (Fsp3) is 0.130. The second kappa shape index (κ2) is 7.56. The van der Waals surface area contributed by atoms with Crippen molar-refractivity contribution in [3.63, 3.8) is 0 Å². The van der Waals surface area contributed by atoms with Gasteiger partial charge in [0.2, 0.25) is 5.91 Å². The Hall–Kier alpha value is -4.20. The maximum Gasteiger partial charge on any atom is 0.248 e. The number of aromatic amines is 1. The maximum atomic E-state index is 11.6. The zero-order chi connectivity index (χ0) is 21.4. The van der Waals surface area contributed by atoms with Crippen molar-refractivity contribution in [3.8, 4) is 11.3 Å². The van der Waals surface area contributed by atoms with E-state index in [1.165, 1.54) is 0 Å². The Morgan fingerprint density at radius 1 is 1.10 bits per heavy atom. The molecule has 1 amide bonds. The molecule has 0 atom stereocenters. The van der Waals surface area contributed by atoms with Crippen LogP contribution in [0, 0.1) is 0 Å². The van der Waals surface area contributed by atoms with Gasteiger partial charge in [-0.25, -0.2) is 4.98 Å². The van der Waals surface area contributed by atoms with Crippen molar-refractivity contribution in [3.05, 3.63) is 72.1 Å². The Balaban J connectivity index is 1.42. The van der Waals surface area contributed by atoms with Crippen molar-refractivity contribution in [1.29, 1.82) is 0 Å². The highest BCUT2D eigenvalue weighted by molar-refractivity contribution is 6.08. The summed E-state index contributed by atoms with van der Waals surface area (Å²) in [6.07, 6.45) is 5.27. The third-order valence-corrected chi connectivity index (χ3v) is 5.46. The van der Waals surface area contributed by atoms with Gasteiger partial charge in [-0.3, -0.25) is 14.6 Å². The van der Waals surface area contributed by atoms with Gasteiger partial charge in [0, 0.05) is 40.8 Å². The molecule has 2 aromatic carbocycles. The second-order valence-electron chi connectivity index (χ2n) is 7.48. The summed E-state index contributed by atoms with van der Waals surface area (Å²) in [6, 6.07) is 15.4. The number of benzene rings is 2. The Kier molecular flexibility index (Phi) is 4.59. The molecule has 5 rings (SSSR count). The molecule has 0 radical (unpaired) electrons. The Morgan fingerprint density at radius 2 is 1.97 bits per heavy atom. The molecule has 5 N–H and O–H groups in total. The predicted molar refractivity (Wildman–Crippen MR) is 120 cm³/mol. The number of nitrogens with zero attached hydrogens (tertiary/aromatic N) is 4. The lowest BCUT2D eigenvalue weighted by molar-refractivity contribution is 0.0999. The Labute approximate surface area is 177 Å². The van der Waals surface area contributed by atoms with Gasteiger partial charge in [-0.1, -0.05) is 30.3 Å². The predicted octanol–water partition coefficient (Wildman–Crippen LogP) is 3.29. The molecule has 31 heavy (non-hydrogen) atoms. The van der Waals surface area contributed by atoms with Crippen LogP contribution in [0.3, 0.4) is 0 Å². The van der Waals surface area contributed by atoms with Crippen molar-refractivity contribution in [2.45, 2.75) is 19.4 Å². The first-order chi connectivity index (χ1) is 15.1. The number of hydrogen-bond donors (Lipinski definition) is 3. The van der Waals surface area contributed by atoms with Crippen LogP contribution in [-0.2, 0) is 13.0 Å². The topological polar surface area (TPSA) is 128 Å². The minimum Gasteiger partial charge on any atom is -0.382 e. The molecule has 0 aliphatic carbocycles. The van der Waals surface area contributed by atoms with E-state index in [1.54, 1.807) is 12.3 Å². The van der Waals surface area contributed by atoms with Gasteiger partial charge in [0.1, 0.15) is 5.52 Å². The van der Waals surface area contributed by atoms with Crippen molar-refractivity contribution in [1.82, 2.24) is 25.0 Å². The minimum absolute atomic E-state index is 0.403. The summed E-state index contributed by atoms with van der Waals surface area (Å²) < 4.78 is 1.89. The number of carbonyl (C=O) groups excluding carboxylic acids is 1. The Bertz CT molecular complexity index is 1400. The van der Waals surface area contributed by atoms with E-state index in [0.717, 1.165) is 46.0 Å². The maximum absolute atomic E-state index is 11.6. The molecular formula is C23H21N7O. The molecule has 8 heteroatoms. The van der Waals surface area contributed by atoms with Gasteiger partial charge < -0.3 is 11.5 Å². The average Bonchev–Trinajstić information content (AvgIpc) is 3.44. The van der Waals surface area contributed by atoms with E-state index in [-0.39, 0.29) is 0 Å². The molecule has 8 nitrogen and oxygen atoms in total. The third kappa shape index (κ3) is 3.48. The van der Waals surface area contributed by atoms with Crippen LogP contribution in [0.4, 0.5) is 5.82 Å². The smallest absolute Gasteiger partial charge is 0.248 e. The molecular weight excluding hydrogens is 390 g/mol. The number of rotatable bonds is 6. The highest BCUT2D eigenvalue weighted by Gasteiger charge is 2.13. The number of amides is 1. The van der Waals surface area contributed by atoms with E-state index < -0.39 is 5.91 Å². The summed E-state index contributed by atoms with van der Waals surface area (Å²) in [5.41, 5.74) is 16.6. The van der Waals surface area contributed by atoms with Crippen molar-refractivity contribution < 1.29 is 4.79 Å². The summed E-state index contributed by atoms with van der Waals surface area (Å²) in [5, 5.41) is 13.6. The summed E-state index contributed by atoms with van der Waals surface area (Å²) >= 11 is 0. The number of aryl methyl sites for hydroxylation is 2. The Morgan fingerprint density at radius 3 is 2.77 bits per heavy atom. The molecule has 0 saturated heterocycles. The number of fused-ring (bicyclic) bond motifs is 3. The van der Waals surface area contributed by atoms with Gasteiger partial charge in [0.15, 0.2) is 5.82 Å². The van der Waals surface area contributed by atoms with Gasteiger partial charge >= 0.3 is 0 Å². The number of H-pyrrole nitrogens is 1. The lowest BCUT2D eigenvalue weighted by Gasteiger charge is -2.06. The van der Waals surface area contributed by atoms with Gasteiger partial charge in [-0.2, -0.15) is 10.2 Å². The number of nitrogen functional groups attached to an aromatic ring is 1. The normalized spacial score (nSPS) is 11.4. The van der Waals surface area contributed by atoms with Crippen molar-refractivity contribution in [2.75, 3.05) is 5.73 Å². The standard InChI is InChI=1S/C23H21N7O/c24-22-21-18(17-8-7-15(12-20(17)27-22)19-9-10-26-28-19)13-30(29-21)11-3-5-14-4-1-2-6-16(14)23(25)31/h1-2,4,6-10,12-13H,3,5,11H2,(H2,24,27)(H2,25,31)(H,26,28). The van der Waals surface area contributed by atoms with Crippen LogP contribution in [0.1, 0.15) is 22.3 Å². The van der Waals surface area contributed by atoms with Crippen LogP contribution in [0.5, 0.6) is 0 Å². The molecule has 3 heterocycles. The van der Waals surface area contributed by atoms with Gasteiger partial charge in [0.05, 0.1) is 11.2 Å². The zero-order valence-electron chi connectivity index (χ0n) is 16.7. The van der Waals surface area contributed by atoms with E-state index in [2.05, 4.69) is 20.3 Å². The molecule has 5 aromatic rings. The minimum atomic E-state index is -0.403. The van der Waals surface area contributed by atoms with E-state index in [4.69, 9.17) is 11.5 Å². The monoisotopic (exact) mass is 411 g/mol. The van der Waals surface area contributed by atoms with E-state index >= 15 is 0 Å². The highest BCUT2D eigenvalue weighted by Crippen LogP contribution is 2.30. The van der Waals surface area contributed by atoms with Crippen molar-refractivity contribution >= 4 is 33.5 Å². The first-order valence-electron chi connectivity index (χ1n) is 10.0. The summed E-state index contributed by atoms with van der Waals surface area (Å²) in [5.74, 6) is 0.00216. The number of carbonyl (C=O) groups is 1. The summed E-state index contributed by atoms with van der Waals surface area (Å²) in [4.78, 5) is 16.2. The number of nitrogens with two attached hydrogens (primary N) is 2.